The third-order valence-electron chi connectivity index (χ3n) is 7.12. The van der Waals surface area contributed by atoms with E-state index in [4.69, 9.17) is 14.7 Å². The number of hydroxylamine groups is 2. The Bertz CT molecular complexity index is 1030. The van der Waals surface area contributed by atoms with Gasteiger partial charge in [-0.05, 0) is 40.5 Å². The predicted octanol–water partition coefficient (Wildman–Crippen LogP) is 4.34. The molecule has 35 heavy (non-hydrogen) atoms. The summed E-state index contributed by atoms with van der Waals surface area (Å²) >= 11 is 0. The summed E-state index contributed by atoms with van der Waals surface area (Å²) in [6, 6.07) is 16.4. The highest BCUT2D eigenvalue weighted by Crippen LogP contribution is 2.44. The van der Waals surface area contributed by atoms with Gasteiger partial charge >= 0.3 is 12.1 Å². The summed E-state index contributed by atoms with van der Waals surface area (Å²) in [4.78, 5) is 41.1. The molecule has 1 fully saturated rings. The first-order chi connectivity index (χ1) is 16.9. The fourth-order valence-electron chi connectivity index (χ4n) is 5.28. The minimum Gasteiger partial charge on any atom is -0.479 e. The highest BCUT2D eigenvalue weighted by Gasteiger charge is 2.36. The largest absolute Gasteiger partial charge is 0.479 e. The van der Waals surface area contributed by atoms with Crippen molar-refractivity contribution in [3.63, 3.8) is 0 Å². The summed E-state index contributed by atoms with van der Waals surface area (Å²) < 4.78 is 5.66. The van der Waals surface area contributed by atoms with E-state index < -0.39 is 24.1 Å². The van der Waals surface area contributed by atoms with Crippen molar-refractivity contribution < 1.29 is 29.1 Å². The number of carboxylic acids is 1. The molecule has 0 unspecified atom stereocenters. The van der Waals surface area contributed by atoms with Crippen LogP contribution in [0.5, 0.6) is 0 Å². The Balaban J connectivity index is 1.35. The van der Waals surface area contributed by atoms with Crippen LogP contribution in [0.4, 0.5) is 4.79 Å². The average molecular weight is 481 g/mol. The number of nitrogens with zero attached hydrogens (tertiary/aromatic N) is 1. The summed E-state index contributed by atoms with van der Waals surface area (Å²) in [5.74, 6) is -1.46. The maximum atomic E-state index is 12.7. The summed E-state index contributed by atoms with van der Waals surface area (Å²) in [5, 5.41) is 12.7. The van der Waals surface area contributed by atoms with Gasteiger partial charge in [0.1, 0.15) is 6.61 Å². The fourth-order valence-corrected chi connectivity index (χ4v) is 5.28. The predicted molar refractivity (Wildman–Crippen MR) is 130 cm³/mol. The monoisotopic (exact) mass is 480 g/mol. The minimum atomic E-state index is -1.14. The van der Waals surface area contributed by atoms with Crippen molar-refractivity contribution in [1.82, 2.24) is 10.4 Å². The molecule has 0 spiro atoms. The molecule has 2 aromatic carbocycles. The van der Waals surface area contributed by atoms with Crippen molar-refractivity contribution in [2.45, 2.75) is 44.4 Å². The van der Waals surface area contributed by atoms with Crippen molar-refractivity contribution in [3.8, 4) is 11.1 Å². The first-order valence-corrected chi connectivity index (χ1v) is 12.1. The molecule has 0 saturated heterocycles. The van der Waals surface area contributed by atoms with Gasteiger partial charge in [-0.1, -0.05) is 67.8 Å². The van der Waals surface area contributed by atoms with Gasteiger partial charge in [-0.3, -0.25) is 9.63 Å². The molecule has 2 aromatic rings. The van der Waals surface area contributed by atoms with E-state index in [0.29, 0.717) is 6.54 Å². The van der Waals surface area contributed by atoms with E-state index in [1.807, 2.05) is 24.3 Å². The van der Waals surface area contributed by atoms with E-state index in [1.165, 1.54) is 18.2 Å². The van der Waals surface area contributed by atoms with Crippen molar-refractivity contribution in [2.75, 3.05) is 26.8 Å². The topological polar surface area (TPSA) is 105 Å². The number of alkyl carbamates (subject to hydrolysis) is 1. The Kier molecular flexibility index (Phi) is 7.70. The van der Waals surface area contributed by atoms with Crippen molar-refractivity contribution in [3.05, 3.63) is 59.7 Å². The number of amides is 2. The minimum absolute atomic E-state index is 0.0154. The average Bonchev–Trinajstić information content (AvgIpc) is 3.19. The van der Waals surface area contributed by atoms with Crippen LogP contribution in [0.15, 0.2) is 48.5 Å². The van der Waals surface area contributed by atoms with Crippen LogP contribution in [0.1, 0.15) is 55.6 Å². The van der Waals surface area contributed by atoms with Crippen LogP contribution in [0.2, 0.25) is 0 Å². The third kappa shape index (κ3) is 5.82. The van der Waals surface area contributed by atoms with Gasteiger partial charge in [0.05, 0.1) is 0 Å². The van der Waals surface area contributed by atoms with Crippen LogP contribution in [-0.2, 0) is 19.2 Å². The molecule has 2 N–H and O–H groups in total. The zero-order valence-corrected chi connectivity index (χ0v) is 20.0. The zero-order valence-electron chi connectivity index (χ0n) is 20.0. The smallest absolute Gasteiger partial charge is 0.407 e. The van der Waals surface area contributed by atoms with E-state index in [2.05, 4.69) is 29.6 Å². The van der Waals surface area contributed by atoms with Gasteiger partial charge < -0.3 is 15.2 Å². The molecule has 186 valence electrons. The number of rotatable bonds is 9. The van der Waals surface area contributed by atoms with E-state index >= 15 is 0 Å². The number of fused-ring (bicyclic) bond motifs is 3. The van der Waals surface area contributed by atoms with Crippen molar-refractivity contribution >= 4 is 18.0 Å². The number of hydrogen-bond acceptors (Lipinski definition) is 5. The summed E-state index contributed by atoms with van der Waals surface area (Å²) in [6.07, 6.45) is 4.31. The van der Waals surface area contributed by atoms with E-state index in [0.717, 1.165) is 48.3 Å². The molecule has 0 heterocycles. The lowest BCUT2D eigenvalue weighted by Gasteiger charge is -2.37. The SMILES string of the molecule is CN(OCC(=O)O)C(=O)CC1(CNC(=O)OCC2c3ccccc3-c3ccccc32)CCCCC1. The lowest BCUT2D eigenvalue weighted by Crippen LogP contribution is -2.43. The number of hydrogen-bond donors (Lipinski definition) is 2. The maximum absolute atomic E-state index is 12.7. The Morgan fingerprint density at radius 3 is 2.20 bits per heavy atom. The molecule has 2 amide bonds. The molecule has 0 aliphatic heterocycles. The molecule has 2 aliphatic carbocycles. The fraction of sp³-hybridized carbons (Fsp3) is 0.444. The number of aliphatic carboxylic acids is 1. The van der Waals surface area contributed by atoms with Crippen molar-refractivity contribution in [1.29, 1.82) is 0 Å². The molecular formula is C27H32N2O6. The molecule has 1 saturated carbocycles. The third-order valence-corrected chi connectivity index (χ3v) is 7.12. The highest BCUT2D eigenvalue weighted by molar-refractivity contribution is 5.79. The normalized spacial score (nSPS) is 16.1. The van der Waals surface area contributed by atoms with Gasteiger partial charge in [-0.2, -0.15) is 0 Å². The Morgan fingerprint density at radius 2 is 1.60 bits per heavy atom. The van der Waals surface area contributed by atoms with E-state index in [-0.39, 0.29) is 24.9 Å². The Labute approximate surface area is 205 Å². The second-order valence-corrected chi connectivity index (χ2v) is 9.47. The van der Waals surface area contributed by atoms with Crippen LogP contribution >= 0.6 is 0 Å². The van der Waals surface area contributed by atoms with E-state index in [1.54, 1.807) is 0 Å². The highest BCUT2D eigenvalue weighted by atomic mass is 16.7. The molecule has 4 rings (SSSR count). The summed E-state index contributed by atoms with van der Waals surface area (Å²) in [5.41, 5.74) is 4.25. The van der Waals surface area contributed by atoms with Crippen LogP contribution in [0.25, 0.3) is 11.1 Å². The van der Waals surface area contributed by atoms with Crippen LogP contribution in [0.3, 0.4) is 0 Å². The van der Waals surface area contributed by atoms with Crippen LogP contribution < -0.4 is 5.32 Å². The molecule has 0 radical (unpaired) electrons. The van der Waals surface area contributed by atoms with Gasteiger partial charge in [0, 0.05) is 25.9 Å². The molecule has 0 aromatic heterocycles. The van der Waals surface area contributed by atoms with E-state index in [9.17, 15) is 14.4 Å². The van der Waals surface area contributed by atoms with Crippen LogP contribution in [0, 0.1) is 5.41 Å². The number of carbonyl (C=O) groups is 3. The van der Waals surface area contributed by atoms with Gasteiger partial charge in [-0.15, -0.1) is 0 Å². The Hall–Kier alpha value is -3.39. The summed E-state index contributed by atoms with van der Waals surface area (Å²) in [7, 11) is 1.42. The molecule has 2 aliphatic rings. The number of nitrogens with one attached hydrogen (secondary N) is 1. The molecule has 8 heteroatoms. The first kappa shape index (κ1) is 24.7. The second-order valence-electron chi connectivity index (χ2n) is 9.47. The quantitative estimate of drug-likeness (QED) is 0.518. The number of benzene rings is 2. The van der Waals surface area contributed by atoms with Crippen molar-refractivity contribution in [2.24, 2.45) is 5.41 Å². The standard InChI is InChI=1S/C27H32N2O6/c1-29(35-17-25(31)32)24(30)15-27(13-7-2-8-14-27)18-28-26(33)34-16-23-21-11-5-3-9-19(21)20-10-4-6-12-22(20)23/h3-6,9-12,23H,2,7-8,13-18H2,1H3,(H,28,33)(H,31,32). The molecule has 0 atom stereocenters. The van der Waals surface area contributed by atoms with Crippen LogP contribution in [-0.4, -0.2) is 54.9 Å². The Morgan fingerprint density at radius 1 is 1.00 bits per heavy atom. The van der Waals surface area contributed by atoms with Gasteiger partial charge in [0.15, 0.2) is 6.61 Å². The molecule has 8 nitrogen and oxygen atoms in total. The second kappa shape index (κ2) is 10.9. The molecule has 0 bridgehead atoms. The lowest BCUT2D eigenvalue weighted by atomic mass is 9.71. The maximum Gasteiger partial charge on any atom is 0.407 e. The molecular weight excluding hydrogens is 448 g/mol. The lowest BCUT2D eigenvalue weighted by molar-refractivity contribution is -0.187. The zero-order chi connectivity index (χ0) is 24.8. The number of ether oxygens (including phenoxy) is 1. The van der Waals surface area contributed by atoms with Gasteiger partial charge in [0.2, 0.25) is 5.91 Å². The van der Waals surface area contributed by atoms with Gasteiger partial charge in [-0.25, -0.2) is 14.7 Å². The number of carbonyl (C=O) groups excluding carboxylic acids is 2. The number of carboxylic acid groups (broad SMARTS) is 1. The first-order valence-electron chi connectivity index (χ1n) is 12.1. The van der Waals surface area contributed by atoms with Gasteiger partial charge in [0.25, 0.3) is 0 Å². The summed E-state index contributed by atoms with van der Waals surface area (Å²) in [6.45, 7) is -0.0209.